The summed E-state index contributed by atoms with van der Waals surface area (Å²) >= 11 is 0. The van der Waals surface area contributed by atoms with Crippen LogP contribution in [-0.4, -0.2) is 39.8 Å². The average molecular weight is 398 g/mol. The fourth-order valence-corrected chi connectivity index (χ4v) is 5.61. The second kappa shape index (κ2) is 8.78. The molecular weight excluding hydrogens is 362 g/mol. The Morgan fingerprint density at radius 1 is 1.07 bits per heavy atom. The highest BCUT2D eigenvalue weighted by Crippen LogP contribution is 2.36. The molecule has 1 amide bonds. The molecule has 1 aromatic carbocycles. The Morgan fingerprint density at radius 3 is 2.41 bits per heavy atom. The van der Waals surface area contributed by atoms with Crippen LogP contribution in [0.5, 0.6) is 0 Å². The van der Waals surface area contributed by atoms with Crippen LogP contribution < -0.4 is 5.32 Å². The highest BCUT2D eigenvalue weighted by Gasteiger charge is 2.31. The summed E-state index contributed by atoms with van der Waals surface area (Å²) in [5.41, 5.74) is 2.30. The summed E-state index contributed by atoms with van der Waals surface area (Å²) in [5.74, 6) is 1.74. The molecule has 4 rings (SSSR count). The minimum atomic E-state index is -0.964. The predicted octanol–water partition coefficient (Wildman–Crippen LogP) is 5.26. The number of benzene rings is 1. The quantitative estimate of drug-likeness (QED) is 0.723. The zero-order valence-corrected chi connectivity index (χ0v) is 17.8. The molecule has 2 aliphatic rings. The number of amides is 1. The molecular formula is C24H35N3O2. The van der Waals surface area contributed by atoms with E-state index < -0.39 is 6.09 Å². The van der Waals surface area contributed by atoms with Gasteiger partial charge in [0.15, 0.2) is 0 Å². The van der Waals surface area contributed by atoms with Crippen LogP contribution in [0, 0.1) is 11.8 Å². The molecule has 29 heavy (non-hydrogen) atoms. The predicted molar refractivity (Wildman–Crippen MR) is 117 cm³/mol. The molecule has 5 nitrogen and oxygen atoms in total. The van der Waals surface area contributed by atoms with Gasteiger partial charge in [-0.2, -0.15) is 0 Å². The summed E-state index contributed by atoms with van der Waals surface area (Å²) in [4.78, 5) is 13.8. The highest BCUT2D eigenvalue weighted by atomic mass is 16.4. The molecule has 0 unspecified atom stereocenters. The van der Waals surface area contributed by atoms with Crippen LogP contribution in [-0.2, 0) is 6.54 Å². The number of nitrogens with one attached hydrogen (secondary N) is 1. The van der Waals surface area contributed by atoms with E-state index in [-0.39, 0.29) is 0 Å². The summed E-state index contributed by atoms with van der Waals surface area (Å²) in [6.45, 7) is 7.41. The number of hydrogen-bond donors (Lipinski definition) is 2. The van der Waals surface area contributed by atoms with E-state index >= 15 is 0 Å². The molecule has 0 spiro atoms. The van der Waals surface area contributed by atoms with E-state index in [9.17, 15) is 4.79 Å². The highest BCUT2D eigenvalue weighted by molar-refractivity contribution is 5.81. The van der Waals surface area contributed by atoms with E-state index in [1.165, 1.54) is 36.6 Å². The molecule has 0 radical (unpaired) electrons. The molecule has 5 heteroatoms. The third kappa shape index (κ3) is 4.45. The van der Waals surface area contributed by atoms with Crippen molar-refractivity contribution in [1.82, 2.24) is 14.8 Å². The fraction of sp³-hybridized carbons (Fsp3) is 0.625. The standard InChI is InChI=1S/C24H35N3O2/c1-17(2)18-7-9-20(10-8-18)26-13-11-21(12-14-26)27-22(16-25-24(28)29)15-19-5-3-4-6-23(19)27/h3-6,15,17-18,20-21,25H,7-14,16H2,1-2H3,(H,28,29). The van der Waals surface area contributed by atoms with Gasteiger partial charge >= 0.3 is 6.09 Å². The van der Waals surface area contributed by atoms with Gasteiger partial charge in [0, 0.05) is 36.4 Å². The Kier molecular flexibility index (Phi) is 6.14. The second-order valence-electron chi connectivity index (χ2n) is 9.30. The van der Waals surface area contributed by atoms with Crippen molar-refractivity contribution in [2.24, 2.45) is 11.8 Å². The Labute approximate surface area is 174 Å². The lowest BCUT2D eigenvalue weighted by Crippen LogP contribution is -2.44. The zero-order valence-electron chi connectivity index (χ0n) is 17.8. The molecule has 1 aromatic heterocycles. The van der Waals surface area contributed by atoms with Crippen molar-refractivity contribution in [1.29, 1.82) is 0 Å². The van der Waals surface area contributed by atoms with Crippen LogP contribution in [0.1, 0.15) is 64.1 Å². The molecule has 158 valence electrons. The number of fused-ring (bicyclic) bond motifs is 1. The van der Waals surface area contributed by atoms with Gasteiger partial charge in [0.1, 0.15) is 0 Å². The molecule has 2 N–H and O–H groups in total. The Morgan fingerprint density at radius 2 is 1.76 bits per heavy atom. The first-order valence-electron chi connectivity index (χ1n) is 11.3. The minimum Gasteiger partial charge on any atom is -0.465 e. The third-order valence-corrected chi connectivity index (χ3v) is 7.31. The molecule has 1 aliphatic carbocycles. The fourth-order valence-electron chi connectivity index (χ4n) is 5.61. The Balaban J connectivity index is 1.44. The number of carboxylic acid groups (broad SMARTS) is 1. The maximum atomic E-state index is 11.0. The second-order valence-corrected chi connectivity index (χ2v) is 9.30. The lowest BCUT2D eigenvalue weighted by Gasteiger charge is -2.42. The summed E-state index contributed by atoms with van der Waals surface area (Å²) in [6, 6.07) is 11.8. The lowest BCUT2D eigenvalue weighted by molar-refractivity contribution is 0.0889. The van der Waals surface area contributed by atoms with Crippen molar-refractivity contribution >= 4 is 17.0 Å². The van der Waals surface area contributed by atoms with Crippen molar-refractivity contribution in [2.45, 2.75) is 71.0 Å². The van der Waals surface area contributed by atoms with Crippen LogP contribution in [0.2, 0.25) is 0 Å². The number of nitrogens with zero attached hydrogens (tertiary/aromatic N) is 2. The van der Waals surface area contributed by atoms with Gasteiger partial charge in [-0.1, -0.05) is 32.0 Å². The third-order valence-electron chi connectivity index (χ3n) is 7.31. The summed E-state index contributed by atoms with van der Waals surface area (Å²) in [7, 11) is 0. The van der Waals surface area contributed by atoms with Crippen LogP contribution >= 0.6 is 0 Å². The molecule has 2 fully saturated rings. The van der Waals surface area contributed by atoms with Crippen LogP contribution in [0.4, 0.5) is 4.79 Å². The number of para-hydroxylation sites is 1. The molecule has 0 atom stereocenters. The van der Waals surface area contributed by atoms with Gasteiger partial charge in [-0.05, 0) is 67.9 Å². The van der Waals surface area contributed by atoms with Crippen molar-refractivity contribution < 1.29 is 9.90 Å². The normalized spacial score (nSPS) is 24.2. The molecule has 1 aliphatic heterocycles. The van der Waals surface area contributed by atoms with E-state index in [1.54, 1.807) is 0 Å². The smallest absolute Gasteiger partial charge is 0.404 e. The number of hydrogen-bond acceptors (Lipinski definition) is 2. The zero-order chi connectivity index (χ0) is 20.4. The number of carbonyl (C=O) groups is 1. The van der Waals surface area contributed by atoms with E-state index in [2.05, 4.69) is 59.0 Å². The van der Waals surface area contributed by atoms with Crippen LogP contribution in [0.3, 0.4) is 0 Å². The van der Waals surface area contributed by atoms with Crippen LogP contribution in [0.25, 0.3) is 10.9 Å². The van der Waals surface area contributed by atoms with Crippen molar-refractivity contribution in [2.75, 3.05) is 13.1 Å². The van der Waals surface area contributed by atoms with Gasteiger partial charge in [0.2, 0.25) is 0 Å². The van der Waals surface area contributed by atoms with E-state index in [4.69, 9.17) is 5.11 Å². The number of rotatable bonds is 5. The molecule has 1 saturated heterocycles. The topological polar surface area (TPSA) is 57.5 Å². The minimum absolute atomic E-state index is 0.365. The Hall–Kier alpha value is -2.01. The molecule has 2 heterocycles. The van der Waals surface area contributed by atoms with E-state index in [0.29, 0.717) is 12.6 Å². The van der Waals surface area contributed by atoms with E-state index in [1.807, 2.05) is 0 Å². The summed E-state index contributed by atoms with van der Waals surface area (Å²) in [6.07, 6.45) is 6.80. The van der Waals surface area contributed by atoms with E-state index in [0.717, 1.165) is 49.5 Å². The maximum Gasteiger partial charge on any atom is 0.404 e. The monoisotopic (exact) mass is 397 g/mol. The van der Waals surface area contributed by atoms with Gasteiger partial charge in [0.05, 0.1) is 6.54 Å². The number of likely N-dealkylation sites (tertiary alicyclic amines) is 1. The summed E-state index contributed by atoms with van der Waals surface area (Å²) < 4.78 is 2.40. The molecule has 1 saturated carbocycles. The van der Waals surface area contributed by atoms with Gasteiger partial charge in [-0.15, -0.1) is 0 Å². The van der Waals surface area contributed by atoms with Crippen molar-refractivity contribution in [3.8, 4) is 0 Å². The first-order valence-corrected chi connectivity index (χ1v) is 11.3. The molecule has 0 bridgehead atoms. The number of aromatic nitrogens is 1. The maximum absolute atomic E-state index is 11.0. The van der Waals surface area contributed by atoms with Crippen molar-refractivity contribution in [3.63, 3.8) is 0 Å². The summed E-state index contributed by atoms with van der Waals surface area (Å²) in [5, 5.41) is 12.8. The molecule has 2 aromatic rings. The van der Waals surface area contributed by atoms with Gasteiger partial charge in [-0.25, -0.2) is 4.79 Å². The van der Waals surface area contributed by atoms with Crippen LogP contribution in [0.15, 0.2) is 30.3 Å². The van der Waals surface area contributed by atoms with Gasteiger partial charge < -0.3 is 19.9 Å². The van der Waals surface area contributed by atoms with Gasteiger partial charge in [0.25, 0.3) is 0 Å². The first kappa shape index (κ1) is 20.3. The largest absolute Gasteiger partial charge is 0.465 e. The first-order chi connectivity index (χ1) is 14.0. The Bertz CT molecular complexity index is 828. The lowest BCUT2D eigenvalue weighted by atomic mass is 9.79. The number of piperidine rings is 1. The SMILES string of the molecule is CC(C)C1CCC(N2CCC(n3c(CNC(=O)O)cc4ccccc43)CC2)CC1. The average Bonchev–Trinajstić information content (AvgIpc) is 3.11. The van der Waals surface area contributed by atoms with Gasteiger partial charge in [-0.3, -0.25) is 0 Å². The van der Waals surface area contributed by atoms with Crippen molar-refractivity contribution in [3.05, 3.63) is 36.0 Å².